The number of fused-ring (bicyclic) bond motifs is 1. The van der Waals surface area contributed by atoms with Crippen molar-refractivity contribution in [2.24, 2.45) is 7.05 Å². The maximum absolute atomic E-state index is 5.63. The predicted molar refractivity (Wildman–Crippen MR) is 68.1 cm³/mol. The summed E-state index contributed by atoms with van der Waals surface area (Å²) in [5, 5.41) is 9.82. The number of nitrogens with two attached hydrogens (primary N) is 2. The van der Waals surface area contributed by atoms with E-state index in [9.17, 15) is 0 Å². The fraction of sp³-hybridized carbons (Fsp3) is 0.333. The van der Waals surface area contributed by atoms with E-state index in [1.54, 1.807) is 4.57 Å². The molecule has 0 saturated carbocycles. The minimum absolute atomic E-state index is 0.301. The van der Waals surface area contributed by atoms with Gasteiger partial charge in [-0.15, -0.1) is 5.10 Å². The molecule has 0 fully saturated rings. The summed E-state index contributed by atoms with van der Waals surface area (Å²) in [7, 11) is 1.85. The van der Waals surface area contributed by atoms with Crippen LogP contribution >= 0.6 is 0 Å². The Balaban J connectivity index is 1.64. The molecule has 2 heterocycles. The summed E-state index contributed by atoms with van der Waals surface area (Å²) in [5.41, 5.74) is 6.77. The largest absolute Gasteiger partial charge is 0.454 e. The fourth-order valence-corrected chi connectivity index (χ4v) is 2.08. The SMILES string of the molecule is Cn1c(N)nnc1[NH2+]CCc1cccc2c1OCO2. The number of quaternary nitrogens is 1. The Bertz CT molecular complexity index is 596. The lowest BCUT2D eigenvalue weighted by atomic mass is 10.1. The maximum Gasteiger partial charge on any atom is 0.327 e. The Morgan fingerprint density at radius 1 is 1.37 bits per heavy atom. The van der Waals surface area contributed by atoms with Gasteiger partial charge in [0.15, 0.2) is 11.5 Å². The molecule has 0 saturated heterocycles. The molecule has 2 aromatic rings. The summed E-state index contributed by atoms with van der Waals surface area (Å²) in [6.07, 6.45) is 0.860. The van der Waals surface area contributed by atoms with Crippen LogP contribution in [0.2, 0.25) is 0 Å². The first-order chi connectivity index (χ1) is 9.25. The van der Waals surface area contributed by atoms with Crippen LogP contribution < -0.4 is 20.5 Å². The zero-order valence-corrected chi connectivity index (χ0v) is 10.7. The molecule has 0 unspecified atom stereocenters. The second-order valence-corrected chi connectivity index (χ2v) is 4.37. The second-order valence-electron chi connectivity index (χ2n) is 4.37. The highest BCUT2D eigenvalue weighted by Gasteiger charge is 2.17. The minimum Gasteiger partial charge on any atom is -0.454 e. The lowest BCUT2D eigenvalue weighted by molar-refractivity contribution is -0.579. The minimum atomic E-state index is 0.301. The van der Waals surface area contributed by atoms with E-state index < -0.39 is 0 Å². The highest BCUT2D eigenvalue weighted by Crippen LogP contribution is 2.35. The van der Waals surface area contributed by atoms with Gasteiger partial charge in [-0.2, -0.15) is 0 Å². The Morgan fingerprint density at radius 2 is 2.26 bits per heavy atom. The molecule has 1 aliphatic rings. The van der Waals surface area contributed by atoms with Gasteiger partial charge in [0.1, 0.15) is 0 Å². The molecule has 19 heavy (non-hydrogen) atoms. The summed E-state index contributed by atoms with van der Waals surface area (Å²) >= 11 is 0. The van der Waals surface area contributed by atoms with Crippen LogP contribution in [0.15, 0.2) is 18.2 Å². The lowest BCUT2D eigenvalue weighted by Gasteiger charge is -2.04. The molecule has 7 heteroatoms. The molecule has 1 aromatic heterocycles. The first-order valence-electron chi connectivity index (χ1n) is 6.11. The van der Waals surface area contributed by atoms with Gasteiger partial charge >= 0.3 is 5.95 Å². The molecular formula is C12H16N5O2+. The molecule has 0 atom stereocenters. The van der Waals surface area contributed by atoms with Crippen molar-refractivity contribution in [1.82, 2.24) is 14.8 Å². The number of hydrogen-bond donors (Lipinski definition) is 2. The van der Waals surface area contributed by atoms with Crippen molar-refractivity contribution >= 4 is 11.9 Å². The van der Waals surface area contributed by atoms with Crippen LogP contribution in [-0.2, 0) is 13.5 Å². The first kappa shape index (κ1) is 11.8. The number of benzene rings is 1. The molecule has 0 radical (unpaired) electrons. The van der Waals surface area contributed by atoms with Gasteiger partial charge in [-0.25, -0.2) is 0 Å². The molecule has 1 aromatic carbocycles. The number of anilines is 1. The average molecular weight is 262 g/mol. The summed E-state index contributed by atoms with van der Waals surface area (Å²) in [4.78, 5) is 0. The summed E-state index contributed by atoms with van der Waals surface area (Å²) in [5.74, 6) is 2.87. The van der Waals surface area contributed by atoms with E-state index in [0.717, 1.165) is 36.0 Å². The molecule has 7 nitrogen and oxygen atoms in total. The molecule has 1 aliphatic heterocycles. The van der Waals surface area contributed by atoms with E-state index in [0.29, 0.717) is 12.7 Å². The van der Waals surface area contributed by atoms with E-state index in [1.807, 2.05) is 30.6 Å². The van der Waals surface area contributed by atoms with Gasteiger partial charge < -0.3 is 15.2 Å². The van der Waals surface area contributed by atoms with Gasteiger partial charge in [0.25, 0.3) is 0 Å². The number of nitrogens with zero attached hydrogens (tertiary/aromatic N) is 3. The van der Waals surface area contributed by atoms with Crippen molar-refractivity contribution in [3.63, 3.8) is 0 Å². The third-order valence-electron chi connectivity index (χ3n) is 3.16. The monoisotopic (exact) mass is 262 g/mol. The van der Waals surface area contributed by atoms with E-state index in [2.05, 4.69) is 10.2 Å². The van der Waals surface area contributed by atoms with Crippen LogP contribution in [0.5, 0.6) is 11.5 Å². The molecule has 4 N–H and O–H groups in total. The van der Waals surface area contributed by atoms with Crippen molar-refractivity contribution < 1.29 is 14.8 Å². The summed E-state index contributed by atoms with van der Waals surface area (Å²) in [6, 6.07) is 5.94. The smallest absolute Gasteiger partial charge is 0.327 e. The van der Waals surface area contributed by atoms with E-state index in [-0.39, 0.29) is 0 Å². The number of rotatable bonds is 4. The molecule has 3 rings (SSSR count). The quantitative estimate of drug-likeness (QED) is 0.779. The van der Waals surface area contributed by atoms with Crippen molar-refractivity contribution in [3.05, 3.63) is 23.8 Å². The van der Waals surface area contributed by atoms with Crippen LogP contribution in [-0.4, -0.2) is 28.1 Å². The van der Waals surface area contributed by atoms with Gasteiger partial charge in [0.05, 0.1) is 6.54 Å². The van der Waals surface area contributed by atoms with Crippen LogP contribution in [0, 0.1) is 0 Å². The lowest BCUT2D eigenvalue weighted by Crippen LogP contribution is -2.79. The summed E-state index contributed by atoms with van der Waals surface area (Å²) in [6.45, 7) is 1.14. The molecule has 100 valence electrons. The topological polar surface area (TPSA) is 91.8 Å². The average Bonchev–Trinajstić information content (AvgIpc) is 3.00. The Labute approximate surface area is 110 Å². The molecular weight excluding hydrogens is 246 g/mol. The molecule has 0 aliphatic carbocycles. The normalized spacial score (nSPS) is 12.9. The Morgan fingerprint density at radius 3 is 3.05 bits per heavy atom. The van der Waals surface area contributed by atoms with Crippen molar-refractivity contribution in [1.29, 1.82) is 0 Å². The fourth-order valence-electron chi connectivity index (χ4n) is 2.08. The van der Waals surface area contributed by atoms with Gasteiger partial charge in [-0.05, 0) is 6.07 Å². The third-order valence-corrected chi connectivity index (χ3v) is 3.16. The van der Waals surface area contributed by atoms with E-state index >= 15 is 0 Å². The van der Waals surface area contributed by atoms with Crippen molar-refractivity contribution in [2.75, 3.05) is 19.1 Å². The van der Waals surface area contributed by atoms with Crippen molar-refractivity contribution in [2.45, 2.75) is 6.42 Å². The maximum atomic E-state index is 5.63. The van der Waals surface area contributed by atoms with Gasteiger partial charge in [-0.1, -0.05) is 17.2 Å². The van der Waals surface area contributed by atoms with Crippen LogP contribution in [0.3, 0.4) is 0 Å². The van der Waals surface area contributed by atoms with E-state index in [4.69, 9.17) is 15.2 Å². The number of aromatic nitrogens is 3. The van der Waals surface area contributed by atoms with Gasteiger partial charge in [0, 0.05) is 19.0 Å². The van der Waals surface area contributed by atoms with E-state index in [1.165, 1.54) is 0 Å². The molecule has 0 bridgehead atoms. The highest BCUT2D eigenvalue weighted by atomic mass is 16.7. The number of nitrogen functional groups attached to an aromatic ring is 1. The van der Waals surface area contributed by atoms with Crippen LogP contribution in [0.1, 0.15) is 5.56 Å². The second kappa shape index (κ2) is 4.77. The number of hydrogen-bond acceptors (Lipinski definition) is 5. The van der Waals surface area contributed by atoms with Crippen LogP contribution in [0.25, 0.3) is 0 Å². The van der Waals surface area contributed by atoms with Crippen molar-refractivity contribution in [3.8, 4) is 11.5 Å². The first-order valence-corrected chi connectivity index (χ1v) is 6.11. The standard InChI is InChI=1S/C12H15N5O2/c1-17-11(13)15-16-12(17)14-6-5-8-3-2-4-9-10(8)19-7-18-9/h2-4H,5-7H2,1H3,(H2,13,15)(H,14,16)/p+1. The van der Waals surface area contributed by atoms with Gasteiger partial charge in [0.2, 0.25) is 12.7 Å². The zero-order valence-electron chi connectivity index (χ0n) is 10.7. The zero-order chi connectivity index (χ0) is 13.2. The predicted octanol–water partition coefficient (Wildman–Crippen LogP) is -0.436. The number of para-hydroxylation sites is 1. The number of ether oxygens (including phenoxy) is 2. The molecule has 0 amide bonds. The Kier molecular flexibility index (Phi) is 2.96. The highest BCUT2D eigenvalue weighted by molar-refractivity contribution is 5.48. The van der Waals surface area contributed by atoms with Gasteiger partial charge in [-0.3, -0.25) is 9.88 Å². The summed E-state index contributed by atoms with van der Waals surface area (Å²) < 4.78 is 12.6. The molecule has 0 spiro atoms. The Hall–Kier alpha value is -2.28. The van der Waals surface area contributed by atoms with Crippen LogP contribution in [0.4, 0.5) is 11.9 Å². The third kappa shape index (κ3) is 2.19.